The molecule has 6 rings (SSSR count). The number of urea groups is 1. The largest absolute Gasteiger partial charge is 0.372 e. The molecule has 0 aliphatic carbocycles. The maximum Gasteiger partial charge on any atom is 0.323 e. The first-order valence-corrected chi connectivity index (χ1v) is 15.0. The molecule has 232 valence electrons. The van der Waals surface area contributed by atoms with Crippen LogP contribution in [0.1, 0.15) is 35.7 Å². The van der Waals surface area contributed by atoms with Gasteiger partial charge in [0.25, 0.3) is 5.91 Å². The number of nitrogens with zero attached hydrogens (tertiary/aromatic N) is 7. The smallest absolute Gasteiger partial charge is 0.323 e. The topological polar surface area (TPSA) is 128 Å². The zero-order chi connectivity index (χ0) is 31.7. The number of morpholine rings is 1. The summed E-state index contributed by atoms with van der Waals surface area (Å²) in [5.41, 5.74) is 5.12. The van der Waals surface area contributed by atoms with Crippen molar-refractivity contribution in [1.82, 2.24) is 24.9 Å². The molecule has 0 bridgehead atoms. The molecule has 3 amide bonds. The molecule has 4 heterocycles. The predicted octanol–water partition coefficient (Wildman–Crippen LogP) is 4.67. The van der Waals surface area contributed by atoms with Crippen LogP contribution in [0.2, 0.25) is 0 Å². The van der Waals surface area contributed by atoms with Gasteiger partial charge in [0, 0.05) is 81.6 Å². The number of fused-ring (bicyclic) bond motifs is 1. The molecular formula is C33H37N9O3. The number of ether oxygens (including phenoxy) is 1. The van der Waals surface area contributed by atoms with Gasteiger partial charge in [0.05, 0.1) is 17.7 Å². The highest BCUT2D eigenvalue weighted by Crippen LogP contribution is 2.31. The van der Waals surface area contributed by atoms with Crippen molar-refractivity contribution in [3.8, 4) is 11.4 Å². The van der Waals surface area contributed by atoms with E-state index in [2.05, 4.69) is 40.5 Å². The number of rotatable bonds is 6. The molecule has 1 fully saturated rings. The maximum atomic E-state index is 12.7. The Balaban J connectivity index is 1.24. The Morgan fingerprint density at radius 3 is 2.16 bits per heavy atom. The lowest BCUT2D eigenvalue weighted by Gasteiger charge is -2.36. The van der Waals surface area contributed by atoms with Crippen LogP contribution in [-0.4, -0.2) is 96.0 Å². The second-order valence-electron chi connectivity index (χ2n) is 11.8. The molecule has 0 radical (unpaired) electrons. The van der Waals surface area contributed by atoms with E-state index in [1.54, 1.807) is 38.4 Å². The van der Waals surface area contributed by atoms with Crippen molar-refractivity contribution in [2.45, 2.75) is 32.0 Å². The predicted molar refractivity (Wildman–Crippen MR) is 176 cm³/mol. The molecule has 12 heteroatoms. The second-order valence-corrected chi connectivity index (χ2v) is 11.8. The Labute approximate surface area is 262 Å². The number of carbonyl (C=O) groups is 2. The summed E-state index contributed by atoms with van der Waals surface area (Å²) in [7, 11) is 5.35. The van der Waals surface area contributed by atoms with Gasteiger partial charge in [-0.05, 0) is 74.0 Å². The van der Waals surface area contributed by atoms with Gasteiger partial charge in [0.2, 0.25) is 0 Å². The number of anilines is 3. The minimum Gasteiger partial charge on any atom is -0.372 e. The molecule has 2 aromatic heterocycles. The summed E-state index contributed by atoms with van der Waals surface area (Å²) in [4.78, 5) is 43.4. The van der Waals surface area contributed by atoms with Crippen LogP contribution in [-0.2, 0) is 4.74 Å². The fraction of sp³-hybridized carbons (Fsp3) is 0.333. The number of carbonyl (C=O) groups excluding carboxylic acids is 2. The van der Waals surface area contributed by atoms with E-state index in [-0.39, 0.29) is 24.0 Å². The summed E-state index contributed by atoms with van der Waals surface area (Å²) in [5, 5.41) is 12.0. The van der Waals surface area contributed by atoms with Crippen molar-refractivity contribution in [3.63, 3.8) is 0 Å². The van der Waals surface area contributed by atoms with Gasteiger partial charge in [0.15, 0.2) is 11.6 Å². The van der Waals surface area contributed by atoms with Crippen LogP contribution in [0.4, 0.5) is 22.0 Å². The highest BCUT2D eigenvalue weighted by atomic mass is 16.5. The molecule has 1 saturated heterocycles. The summed E-state index contributed by atoms with van der Waals surface area (Å²) < 4.78 is 5.99. The summed E-state index contributed by atoms with van der Waals surface area (Å²) in [6.45, 7) is 6.33. The number of likely N-dealkylation sites (N-methyl/N-ethyl adjacent to an activating group) is 1. The van der Waals surface area contributed by atoms with Crippen molar-refractivity contribution in [1.29, 1.82) is 0 Å². The monoisotopic (exact) mass is 607 g/mol. The van der Waals surface area contributed by atoms with Gasteiger partial charge < -0.3 is 25.2 Å². The van der Waals surface area contributed by atoms with E-state index >= 15 is 0 Å². The average molecular weight is 608 g/mol. The van der Waals surface area contributed by atoms with Gasteiger partial charge >= 0.3 is 6.03 Å². The van der Waals surface area contributed by atoms with Gasteiger partial charge in [-0.25, -0.2) is 14.8 Å². The van der Waals surface area contributed by atoms with Gasteiger partial charge in [-0.1, -0.05) is 0 Å². The Hall–Kier alpha value is -5.10. The lowest BCUT2D eigenvalue weighted by atomic mass is 10.0. The van der Waals surface area contributed by atoms with E-state index in [1.807, 2.05) is 48.7 Å². The molecule has 3 atom stereocenters. The Morgan fingerprint density at radius 1 is 0.911 bits per heavy atom. The highest BCUT2D eigenvalue weighted by Gasteiger charge is 2.27. The molecule has 0 saturated carbocycles. The Morgan fingerprint density at radius 2 is 1.56 bits per heavy atom. The van der Waals surface area contributed by atoms with E-state index in [0.717, 1.165) is 34.5 Å². The molecule has 2 aliphatic rings. The summed E-state index contributed by atoms with van der Waals surface area (Å²) in [6.07, 6.45) is 3.96. The molecular weight excluding hydrogens is 570 g/mol. The number of hydrazone groups is 1. The van der Waals surface area contributed by atoms with Gasteiger partial charge in [0.1, 0.15) is 5.52 Å². The Bertz CT molecular complexity index is 1730. The SMILES string of the molecule is CC1CN(c2nc(-c3ccc(NC(=O)Nc4ccc(C(=O)N(C)C)cc4)cc3)nc3cc(C4C=NN(C)C4)cnc23)CC(C)O1. The molecule has 45 heavy (non-hydrogen) atoms. The molecule has 12 nitrogen and oxygen atoms in total. The molecule has 2 aliphatic heterocycles. The number of hydrogen-bond acceptors (Lipinski definition) is 9. The first kappa shape index (κ1) is 29.9. The van der Waals surface area contributed by atoms with Gasteiger partial charge in [-0.15, -0.1) is 0 Å². The molecule has 2 N–H and O–H groups in total. The van der Waals surface area contributed by atoms with Crippen molar-refractivity contribution < 1.29 is 14.3 Å². The normalized spacial score (nSPS) is 19.5. The highest BCUT2D eigenvalue weighted by molar-refractivity contribution is 6.00. The van der Waals surface area contributed by atoms with Crippen molar-refractivity contribution in [2.75, 3.05) is 56.3 Å². The zero-order valence-electron chi connectivity index (χ0n) is 26.1. The first-order valence-electron chi connectivity index (χ1n) is 15.0. The minimum atomic E-state index is -0.395. The first-order chi connectivity index (χ1) is 21.6. The van der Waals surface area contributed by atoms with Crippen LogP contribution >= 0.6 is 0 Å². The van der Waals surface area contributed by atoms with Crippen molar-refractivity contribution in [3.05, 3.63) is 71.9 Å². The maximum absolute atomic E-state index is 12.7. The van der Waals surface area contributed by atoms with Crippen LogP contribution in [0.15, 0.2) is 65.9 Å². The molecule has 3 unspecified atom stereocenters. The fourth-order valence-corrected chi connectivity index (χ4v) is 5.64. The van der Waals surface area contributed by atoms with Gasteiger partial charge in [-0.3, -0.25) is 14.8 Å². The lowest BCUT2D eigenvalue weighted by molar-refractivity contribution is -0.00538. The van der Waals surface area contributed by atoms with E-state index in [1.165, 1.54) is 4.90 Å². The van der Waals surface area contributed by atoms with Crippen molar-refractivity contribution in [2.24, 2.45) is 5.10 Å². The lowest BCUT2D eigenvalue weighted by Crippen LogP contribution is -2.46. The molecule has 0 spiro atoms. The number of amides is 3. The third kappa shape index (κ3) is 6.70. The van der Waals surface area contributed by atoms with Crippen LogP contribution in [0.5, 0.6) is 0 Å². The van der Waals surface area contributed by atoms with Crippen LogP contribution < -0.4 is 15.5 Å². The standard InChI is InChI=1S/C33H37N9O3/c1-20-17-42(18-21(2)45-20)31-29-28(14-24(15-34-29)25-16-35-41(5)19-25)38-30(39-31)22-6-10-26(11-7-22)36-33(44)37-27-12-8-23(9-13-27)32(43)40(3)4/h6-16,20-21,25H,17-19H2,1-5H3,(H2,36,37,44). The summed E-state index contributed by atoms with van der Waals surface area (Å²) in [5.74, 6) is 1.40. The zero-order valence-corrected chi connectivity index (χ0v) is 26.1. The number of aromatic nitrogens is 3. The molecule has 4 aromatic rings. The third-order valence-electron chi connectivity index (χ3n) is 7.79. The quantitative estimate of drug-likeness (QED) is 0.324. The average Bonchev–Trinajstić information content (AvgIpc) is 3.46. The number of benzene rings is 2. The third-order valence-corrected chi connectivity index (χ3v) is 7.79. The Kier molecular flexibility index (Phi) is 8.31. The van der Waals surface area contributed by atoms with Crippen LogP contribution in [0.25, 0.3) is 22.4 Å². The van der Waals surface area contributed by atoms with Gasteiger partial charge in [-0.2, -0.15) is 5.10 Å². The van der Waals surface area contributed by atoms with Crippen molar-refractivity contribution >= 4 is 46.4 Å². The van der Waals surface area contributed by atoms with E-state index in [0.29, 0.717) is 35.9 Å². The summed E-state index contributed by atoms with van der Waals surface area (Å²) >= 11 is 0. The second kappa shape index (κ2) is 12.5. The summed E-state index contributed by atoms with van der Waals surface area (Å²) in [6, 6.07) is 15.9. The molecule has 2 aromatic carbocycles. The van der Waals surface area contributed by atoms with Crippen LogP contribution in [0, 0.1) is 0 Å². The van der Waals surface area contributed by atoms with E-state index in [9.17, 15) is 9.59 Å². The van der Waals surface area contributed by atoms with Crippen LogP contribution in [0.3, 0.4) is 0 Å². The van der Waals surface area contributed by atoms with E-state index < -0.39 is 6.03 Å². The number of hydrogen-bond donors (Lipinski definition) is 2. The number of nitrogens with one attached hydrogen (secondary N) is 2. The fourth-order valence-electron chi connectivity index (χ4n) is 5.64. The minimum absolute atomic E-state index is 0.0571. The van der Waals surface area contributed by atoms with E-state index in [4.69, 9.17) is 19.7 Å². The number of pyridine rings is 1.